The molecule has 2 unspecified atom stereocenters. The van der Waals surface area contributed by atoms with Gasteiger partial charge in [-0.2, -0.15) is 0 Å². The van der Waals surface area contributed by atoms with Gasteiger partial charge in [-0.3, -0.25) is 9.69 Å². The van der Waals surface area contributed by atoms with Crippen LogP contribution in [0.2, 0.25) is 5.02 Å². The lowest BCUT2D eigenvalue weighted by atomic mass is 9.89. The topological polar surface area (TPSA) is 59.1 Å². The van der Waals surface area contributed by atoms with Gasteiger partial charge in [0.15, 0.2) is 0 Å². The molecule has 36 heavy (non-hydrogen) atoms. The Bertz CT molecular complexity index is 1070. The number of rotatable bonds is 5. The Balaban J connectivity index is 1.11. The van der Waals surface area contributed by atoms with Crippen molar-refractivity contribution in [1.29, 1.82) is 0 Å². The number of urea groups is 1. The molecule has 5 rings (SSSR count). The first-order valence-electron chi connectivity index (χ1n) is 13.0. The van der Waals surface area contributed by atoms with Gasteiger partial charge in [0.1, 0.15) is 0 Å². The monoisotopic (exact) mass is 509 g/mol. The summed E-state index contributed by atoms with van der Waals surface area (Å²) in [4.78, 5) is 34.0. The molecule has 0 aromatic heterocycles. The Kier molecular flexibility index (Phi) is 7.39. The second-order valence-corrected chi connectivity index (χ2v) is 10.9. The lowest BCUT2D eigenvalue weighted by molar-refractivity contribution is -0.133. The third-order valence-electron chi connectivity index (χ3n) is 8.05. The molecular formula is C28H36ClN5O2. The van der Waals surface area contributed by atoms with E-state index >= 15 is 0 Å². The molecule has 3 fully saturated rings. The third kappa shape index (κ3) is 5.32. The van der Waals surface area contributed by atoms with E-state index in [1.807, 2.05) is 48.2 Å². The minimum atomic E-state index is -0.0402. The van der Waals surface area contributed by atoms with E-state index in [1.54, 1.807) is 0 Å². The van der Waals surface area contributed by atoms with Gasteiger partial charge in [-0.1, -0.05) is 23.7 Å². The number of nitrogens with zero attached hydrogens (tertiary/aromatic N) is 4. The molecule has 3 aliphatic rings. The standard InChI is InChI=1S/C28H36ClN5O2/c1-31(2)26-14-18-34(27(26)35)25-13-17-33(19-25)24-9-7-23(8-10-24)30-28(36)32-15-11-21(12-16-32)20-3-5-22(29)6-4-20/h3-10,21,25-26H,11-19H2,1-2H3,(H,30,36). The second-order valence-electron chi connectivity index (χ2n) is 10.5. The highest BCUT2D eigenvalue weighted by atomic mass is 35.5. The summed E-state index contributed by atoms with van der Waals surface area (Å²) in [7, 11) is 3.97. The van der Waals surface area contributed by atoms with Crippen molar-refractivity contribution in [2.75, 3.05) is 57.0 Å². The van der Waals surface area contributed by atoms with Gasteiger partial charge in [0, 0.05) is 49.1 Å². The molecule has 1 N–H and O–H groups in total. The predicted molar refractivity (Wildman–Crippen MR) is 145 cm³/mol. The van der Waals surface area contributed by atoms with Crippen LogP contribution in [0.3, 0.4) is 0 Å². The fourth-order valence-electron chi connectivity index (χ4n) is 5.87. The van der Waals surface area contributed by atoms with Crippen LogP contribution in [0.4, 0.5) is 16.2 Å². The summed E-state index contributed by atoms with van der Waals surface area (Å²) >= 11 is 6.01. The first kappa shape index (κ1) is 24.9. The molecule has 7 nitrogen and oxygen atoms in total. The Morgan fingerprint density at radius 3 is 2.25 bits per heavy atom. The summed E-state index contributed by atoms with van der Waals surface area (Å²) in [6.07, 6.45) is 3.82. The van der Waals surface area contributed by atoms with Gasteiger partial charge in [0.25, 0.3) is 0 Å². The predicted octanol–water partition coefficient (Wildman–Crippen LogP) is 4.49. The van der Waals surface area contributed by atoms with E-state index in [1.165, 1.54) is 5.56 Å². The van der Waals surface area contributed by atoms with Crippen molar-refractivity contribution < 1.29 is 9.59 Å². The molecule has 0 aliphatic carbocycles. The maximum Gasteiger partial charge on any atom is 0.321 e. The molecule has 0 radical (unpaired) electrons. The van der Waals surface area contributed by atoms with E-state index in [0.717, 1.165) is 74.8 Å². The van der Waals surface area contributed by atoms with Crippen LogP contribution in [0.25, 0.3) is 0 Å². The number of nitrogens with one attached hydrogen (secondary N) is 1. The lowest BCUT2D eigenvalue weighted by Crippen LogP contribution is -2.43. The van der Waals surface area contributed by atoms with Crippen molar-refractivity contribution in [3.05, 3.63) is 59.1 Å². The summed E-state index contributed by atoms with van der Waals surface area (Å²) in [5.41, 5.74) is 3.24. The van der Waals surface area contributed by atoms with E-state index in [0.29, 0.717) is 5.92 Å². The van der Waals surface area contributed by atoms with Gasteiger partial charge < -0.3 is 20.0 Å². The van der Waals surface area contributed by atoms with Crippen molar-refractivity contribution in [1.82, 2.24) is 14.7 Å². The van der Waals surface area contributed by atoms with E-state index in [4.69, 9.17) is 11.6 Å². The molecule has 0 saturated carbocycles. The molecule has 192 valence electrons. The Labute approximate surface area is 219 Å². The van der Waals surface area contributed by atoms with Gasteiger partial charge in [-0.15, -0.1) is 0 Å². The van der Waals surface area contributed by atoms with Crippen LogP contribution < -0.4 is 10.2 Å². The first-order valence-corrected chi connectivity index (χ1v) is 13.4. The van der Waals surface area contributed by atoms with E-state index in [2.05, 4.69) is 39.4 Å². The summed E-state index contributed by atoms with van der Waals surface area (Å²) in [5.74, 6) is 0.738. The maximum absolute atomic E-state index is 12.8. The first-order chi connectivity index (χ1) is 17.4. The van der Waals surface area contributed by atoms with Crippen LogP contribution in [-0.2, 0) is 4.79 Å². The molecule has 0 bridgehead atoms. The van der Waals surface area contributed by atoms with Crippen molar-refractivity contribution in [3.8, 4) is 0 Å². The number of hydrogen-bond acceptors (Lipinski definition) is 4. The van der Waals surface area contributed by atoms with Crippen molar-refractivity contribution in [3.63, 3.8) is 0 Å². The van der Waals surface area contributed by atoms with E-state index in [9.17, 15) is 9.59 Å². The van der Waals surface area contributed by atoms with Gasteiger partial charge in [0.05, 0.1) is 12.1 Å². The van der Waals surface area contributed by atoms with E-state index in [-0.39, 0.29) is 24.0 Å². The highest BCUT2D eigenvalue weighted by molar-refractivity contribution is 6.30. The average Bonchev–Trinajstić information content (AvgIpc) is 3.52. The molecular weight excluding hydrogens is 474 g/mol. The fraction of sp³-hybridized carbons (Fsp3) is 0.500. The molecule has 3 aliphatic heterocycles. The molecule has 0 spiro atoms. The summed E-state index contributed by atoms with van der Waals surface area (Å²) in [5, 5.41) is 3.82. The Morgan fingerprint density at radius 2 is 1.61 bits per heavy atom. The van der Waals surface area contributed by atoms with E-state index < -0.39 is 0 Å². The van der Waals surface area contributed by atoms with Crippen LogP contribution in [0.15, 0.2) is 48.5 Å². The zero-order chi connectivity index (χ0) is 25.2. The number of hydrogen-bond donors (Lipinski definition) is 1. The van der Waals surface area contributed by atoms with Gasteiger partial charge >= 0.3 is 6.03 Å². The fourth-order valence-corrected chi connectivity index (χ4v) is 5.99. The lowest BCUT2D eigenvalue weighted by Gasteiger charge is -2.32. The number of likely N-dealkylation sites (tertiary alicyclic amines) is 2. The summed E-state index contributed by atoms with van der Waals surface area (Å²) < 4.78 is 0. The molecule has 8 heteroatoms. The third-order valence-corrected chi connectivity index (χ3v) is 8.30. The SMILES string of the molecule is CN(C)C1CCN(C2CCN(c3ccc(NC(=O)N4CCC(c5ccc(Cl)cc5)CC4)cc3)C2)C1=O. The number of carbonyl (C=O) groups is 2. The van der Waals surface area contributed by atoms with Gasteiger partial charge in [-0.05, 0) is 87.7 Å². The molecule has 2 aromatic rings. The highest BCUT2D eigenvalue weighted by Gasteiger charge is 2.39. The molecule has 2 aromatic carbocycles. The van der Waals surface area contributed by atoms with Crippen molar-refractivity contribution >= 4 is 34.9 Å². The van der Waals surface area contributed by atoms with Crippen molar-refractivity contribution in [2.24, 2.45) is 0 Å². The van der Waals surface area contributed by atoms with Gasteiger partial charge in [-0.25, -0.2) is 4.79 Å². The zero-order valence-corrected chi connectivity index (χ0v) is 22.0. The Hall–Kier alpha value is -2.77. The zero-order valence-electron chi connectivity index (χ0n) is 21.2. The Morgan fingerprint density at radius 1 is 0.917 bits per heavy atom. The number of likely N-dealkylation sites (N-methyl/N-ethyl adjacent to an activating group) is 1. The molecule has 3 amide bonds. The van der Waals surface area contributed by atoms with Crippen LogP contribution in [0.5, 0.6) is 0 Å². The number of halogens is 1. The molecule has 2 atom stereocenters. The second kappa shape index (κ2) is 10.7. The highest BCUT2D eigenvalue weighted by Crippen LogP contribution is 2.30. The molecule has 3 heterocycles. The van der Waals surface area contributed by atoms with Crippen LogP contribution in [-0.4, -0.2) is 85.5 Å². The number of anilines is 2. The average molecular weight is 510 g/mol. The number of piperidine rings is 1. The minimum absolute atomic E-state index is 0.0187. The summed E-state index contributed by atoms with van der Waals surface area (Å²) in [6.45, 7) is 4.14. The van der Waals surface area contributed by atoms with Crippen LogP contribution in [0, 0.1) is 0 Å². The minimum Gasteiger partial charge on any atom is -0.369 e. The number of amides is 3. The number of benzene rings is 2. The quantitative estimate of drug-likeness (QED) is 0.645. The maximum atomic E-state index is 12.8. The molecule has 3 saturated heterocycles. The smallest absolute Gasteiger partial charge is 0.321 e. The van der Waals surface area contributed by atoms with Crippen LogP contribution in [0.1, 0.15) is 37.2 Å². The number of carbonyl (C=O) groups excluding carboxylic acids is 2. The normalized spacial score (nSPS) is 23.1. The summed E-state index contributed by atoms with van der Waals surface area (Å²) in [6, 6.07) is 16.4. The van der Waals surface area contributed by atoms with Crippen molar-refractivity contribution in [2.45, 2.75) is 43.7 Å². The largest absolute Gasteiger partial charge is 0.369 e. The van der Waals surface area contributed by atoms with Crippen LogP contribution >= 0.6 is 11.6 Å². The van der Waals surface area contributed by atoms with Gasteiger partial charge in [0.2, 0.25) is 5.91 Å².